The SMILES string of the molecule is COc1cccc(-c2noc(CCCc3ccccc3)n2)c1. The predicted molar refractivity (Wildman–Crippen MR) is 84.8 cm³/mol. The summed E-state index contributed by atoms with van der Waals surface area (Å²) in [6.45, 7) is 0. The molecule has 0 unspecified atom stereocenters. The van der Waals surface area contributed by atoms with Crippen LogP contribution in [-0.4, -0.2) is 17.3 Å². The van der Waals surface area contributed by atoms with Crippen LogP contribution < -0.4 is 4.74 Å². The van der Waals surface area contributed by atoms with Crippen molar-refractivity contribution in [1.82, 2.24) is 10.1 Å². The molecule has 1 aromatic heterocycles. The lowest BCUT2D eigenvalue weighted by atomic mass is 10.1. The molecule has 0 aliphatic heterocycles. The van der Waals surface area contributed by atoms with Gasteiger partial charge in [-0.3, -0.25) is 0 Å². The van der Waals surface area contributed by atoms with E-state index < -0.39 is 0 Å². The summed E-state index contributed by atoms with van der Waals surface area (Å²) >= 11 is 0. The lowest BCUT2D eigenvalue weighted by Crippen LogP contribution is -1.90. The van der Waals surface area contributed by atoms with Crippen LogP contribution in [-0.2, 0) is 12.8 Å². The van der Waals surface area contributed by atoms with E-state index >= 15 is 0 Å². The lowest BCUT2D eigenvalue weighted by molar-refractivity contribution is 0.376. The van der Waals surface area contributed by atoms with Crippen LogP contribution in [0.15, 0.2) is 59.1 Å². The molecule has 0 aliphatic carbocycles. The van der Waals surface area contributed by atoms with Crippen molar-refractivity contribution in [2.24, 2.45) is 0 Å². The highest BCUT2D eigenvalue weighted by Crippen LogP contribution is 2.21. The minimum Gasteiger partial charge on any atom is -0.497 e. The lowest BCUT2D eigenvalue weighted by Gasteiger charge is -2.00. The topological polar surface area (TPSA) is 48.2 Å². The Hall–Kier alpha value is -2.62. The smallest absolute Gasteiger partial charge is 0.226 e. The van der Waals surface area contributed by atoms with Gasteiger partial charge in [0.05, 0.1) is 7.11 Å². The van der Waals surface area contributed by atoms with E-state index in [-0.39, 0.29) is 0 Å². The second-order valence-corrected chi connectivity index (χ2v) is 5.08. The summed E-state index contributed by atoms with van der Waals surface area (Å²) in [5.74, 6) is 2.07. The number of nitrogens with zero attached hydrogens (tertiary/aromatic N) is 2. The third-order valence-corrected chi connectivity index (χ3v) is 3.49. The Kier molecular flexibility index (Phi) is 4.49. The fourth-order valence-corrected chi connectivity index (χ4v) is 2.32. The van der Waals surface area contributed by atoms with Gasteiger partial charge < -0.3 is 9.26 Å². The highest BCUT2D eigenvalue weighted by molar-refractivity contribution is 5.56. The summed E-state index contributed by atoms with van der Waals surface area (Å²) < 4.78 is 10.5. The summed E-state index contributed by atoms with van der Waals surface area (Å²) in [5.41, 5.74) is 2.23. The number of benzene rings is 2. The molecule has 0 N–H and O–H groups in total. The first-order valence-corrected chi connectivity index (χ1v) is 7.36. The van der Waals surface area contributed by atoms with Crippen LogP contribution in [0, 0.1) is 0 Å². The second kappa shape index (κ2) is 6.89. The normalized spacial score (nSPS) is 10.6. The Balaban J connectivity index is 1.61. The molecule has 1 heterocycles. The first-order valence-electron chi connectivity index (χ1n) is 7.36. The van der Waals surface area contributed by atoms with Crippen molar-refractivity contribution in [2.45, 2.75) is 19.3 Å². The molecule has 0 saturated carbocycles. The Morgan fingerprint density at radius 3 is 2.68 bits per heavy atom. The van der Waals surface area contributed by atoms with E-state index in [1.54, 1.807) is 7.11 Å². The van der Waals surface area contributed by atoms with Crippen LogP contribution in [0.25, 0.3) is 11.4 Å². The Bertz CT molecular complexity index is 723. The van der Waals surface area contributed by atoms with Crippen molar-refractivity contribution >= 4 is 0 Å². The van der Waals surface area contributed by atoms with Gasteiger partial charge in [-0.25, -0.2) is 0 Å². The number of aryl methyl sites for hydroxylation is 2. The molecule has 3 aromatic rings. The minimum atomic E-state index is 0.605. The van der Waals surface area contributed by atoms with Crippen LogP contribution >= 0.6 is 0 Å². The summed E-state index contributed by atoms with van der Waals surface area (Å²) in [7, 11) is 1.64. The van der Waals surface area contributed by atoms with Crippen LogP contribution in [0.5, 0.6) is 5.75 Å². The molecule has 0 saturated heterocycles. The van der Waals surface area contributed by atoms with E-state index in [0.29, 0.717) is 11.7 Å². The molecule has 0 atom stereocenters. The molecule has 3 rings (SSSR count). The number of aromatic nitrogens is 2. The van der Waals surface area contributed by atoms with Gasteiger partial charge in [-0.1, -0.05) is 47.6 Å². The molecule has 4 heteroatoms. The molecule has 0 amide bonds. The van der Waals surface area contributed by atoms with Crippen molar-refractivity contribution in [1.29, 1.82) is 0 Å². The van der Waals surface area contributed by atoms with Crippen molar-refractivity contribution < 1.29 is 9.26 Å². The van der Waals surface area contributed by atoms with Crippen LogP contribution in [0.3, 0.4) is 0 Å². The molecule has 0 radical (unpaired) electrons. The van der Waals surface area contributed by atoms with Crippen LogP contribution in [0.2, 0.25) is 0 Å². The maximum absolute atomic E-state index is 5.33. The quantitative estimate of drug-likeness (QED) is 0.691. The second-order valence-electron chi connectivity index (χ2n) is 5.08. The maximum atomic E-state index is 5.33. The fraction of sp³-hybridized carbons (Fsp3) is 0.222. The summed E-state index contributed by atoms with van der Waals surface area (Å²) in [4.78, 5) is 4.45. The van der Waals surface area contributed by atoms with E-state index in [9.17, 15) is 0 Å². The Labute approximate surface area is 129 Å². The minimum absolute atomic E-state index is 0.605. The van der Waals surface area contributed by atoms with Gasteiger partial charge >= 0.3 is 0 Å². The number of hydrogen-bond donors (Lipinski definition) is 0. The molecular weight excluding hydrogens is 276 g/mol. The number of ether oxygens (including phenoxy) is 1. The van der Waals surface area contributed by atoms with Gasteiger partial charge in [-0.05, 0) is 30.5 Å². The summed E-state index contributed by atoms with van der Waals surface area (Å²) in [6.07, 6.45) is 2.79. The number of rotatable bonds is 6. The third-order valence-electron chi connectivity index (χ3n) is 3.49. The fourth-order valence-electron chi connectivity index (χ4n) is 2.32. The van der Waals surface area contributed by atoms with Gasteiger partial charge in [0.15, 0.2) is 0 Å². The molecule has 0 bridgehead atoms. The van der Waals surface area contributed by atoms with Gasteiger partial charge in [0.2, 0.25) is 11.7 Å². The van der Waals surface area contributed by atoms with Crippen molar-refractivity contribution in [3.8, 4) is 17.1 Å². The van der Waals surface area contributed by atoms with Crippen LogP contribution in [0.4, 0.5) is 0 Å². The highest BCUT2D eigenvalue weighted by Gasteiger charge is 2.09. The van der Waals surface area contributed by atoms with E-state index in [1.165, 1.54) is 5.56 Å². The first kappa shape index (κ1) is 14.3. The predicted octanol–water partition coefficient (Wildman–Crippen LogP) is 3.92. The zero-order valence-electron chi connectivity index (χ0n) is 12.5. The molecule has 22 heavy (non-hydrogen) atoms. The average Bonchev–Trinajstić information content (AvgIpc) is 3.05. The van der Waals surface area contributed by atoms with Gasteiger partial charge in [0.1, 0.15) is 5.75 Å². The molecule has 0 fully saturated rings. The number of hydrogen-bond acceptors (Lipinski definition) is 4. The van der Waals surface area contributed by atoms with Crippen LogP contribution in [0.1, 0.15) is 17.9 Å². The summed E-state index contributed by atoms with van der Waals surface area (Å²) in [6, 6.07) is 18.1. The first-order chi connectivity index (χ1) is 10.8. The maximum Gasteiger partial charge on any atom is 0.226 e. The zero-order chi connectivity index (χ0) is 15.2. The van der Waals surface area contributed by atoms with Crippen molar-refractivity contribution in [3.63, 3.8) is 0 Å². The van der Waals surface area contributed by atoms with Crippen molar-refractivity contribution in [2.75, 3.05) is 7.11 Å². The third kappa shape index (κ3) is 3.52. The van der Waals surface area contributed by atoms with Gasteiger partial charge in [-0.2, -0.15) is 4.98 Å². The molecule has 112 valence electrons. The average molecular weight is 294 g/mol. The zero-order valence-corrected chi connectivity index (χ0v) is 12.5. The Morgan fingerprint density at radius 1 is 1.00 bits per heavy atom. The molecule has 0 spiro atoms. The summed E-state index contributed by atoms with van der Waals surface area (Å²) in [5, 5.41) is 4.05. The monoisotopic (exact) mass is 294 g/mol. The van der Waals surface area contributed by atoms with E-state index in [1.807, 2.05) is 30.3 Å². The highest BCUT2D eigenvalue weighted by atomic mass is 16.5. The van der Waals surface area contributed by atoms with Gasteiger partial charge in [-0.15, -0.1) is 0 Å². The molecule has 0 aliphatic rings. The molecule has 4 nitrogen and oxygen atoms in total. The number of methoxy groups -OCH3 is 1. The van der Waals surface area contributed by atoms with E-state index in [2.05, 4.69) is 34.4 Å². The molecule has 2 aromatic carbocycles. The van der Waals surface area contributed by atoms with E-state index in [0.717, 1.165) is 30.6 Å². The standard InChI is InChI=1S/C18H18N2O2/c1-21-16-11-6-10-15(13-16)18-19-17(22-20-18)12-5-9-14-7-3-2-4-8-14/h2-4,6-8,10-11,13H,5,9,12H2,1H3. The van der Waals surface area contributed by atoms with Gasteiger partial charge in [0.25, 0.3) is 0 Å². The largest absolute Gasteiger partial charge is 0.497 e. The van der Waals surface area contributed by atoms with E-state index in [4.69, 9.17) is 9.26 Å². The van der Waals surface area contributed by atoms with Gasteiger partial charge in [0, 0.05) is 12.0 Å². The Morgan fingerprint density at radius 2 is 1.86 bits per heavy atom. The van der Waals surface area contributed by atoms with Crippen molar-refractivity contribution in [3.05, 3.63) is 66.1 Å². The molecular formula is C18H18N2O2.